The van der Waals surface area contributed by atoms with Gasteiger partial charge in [-0.25, -0.2) is 9.48 Å². The third-order valence-electron chi connectivity index (χ3n) is 3.71. The molecule has 0 aliphatic heterocycles. The van der Waals surface area contributed by atoms with Gasteiger partial charge in [0.1, 0.15) is 6.54 Å². The van der Waals surface area contributed by atoms with Gasteiger partial charge in [-0.05, 0) is 36.5 Å². The van der Waals surface area contributed by atoms with E-state index in [0.717, 1.165) is 5.69 Å². The lowest BCUT2D eigenvalue weighted by Crippen LogP contribution is -2.15. The van der Waals surface area contributed by atoms with E-state index in [0.29, 0.717) is 11.1 Å². The Kier molecular flexibility index (Phi) is 5.27. The quantitative estimate of drug-likeness (QED) is 0.376. The minimum Gasteiger partial charge on any atom is -0.465 e. The third-order valence-corrected chi connectivity index (χ3v) is 4.10. The third kappa shape index (κ3) is 4.01. The second-order valence-electron chi connectivity index (χ2n) is 5.47. The van der Waals surface area contributed by atoms with Crippen LogP contribution in [0, 0.1) is 4.77 Å². The van der Waals surface area contributed by atoms with Crippen LogP contribution in [0.4, 0.5) is 11.6 Å². The van der Waals surface area contributed by atoms with E-state index in [4.69, 9.17) is 18.0 Å². The first kappa shape index (κ1) is 18.3. The van der Waals surface area contributed by atoms with Gasteiger partial charge in [0.05, 0.1) is 18.4 Å². The number of methoxy groups -OCH3 is 1. The number of nitrogens with one attached hydrogen (secondary N) is 1. The zero-order chi connectivity index (χ0) is 19.4. The highest BCUT2D eigenvalue weighted by Gasteiger charge is 2.14. The summed E-state index contributed by atoms with van der Waals surface area (Å²) in [4.78, 5) is 27.9. The number of ketones is 1. The fraction of sp³-hybridized carbons (Fsp3) is 0.118. The van der Waals surface area contributed by atoms with Crippen molar-refractivity contribution in [2.24, 2.45) is 0 Å². The molecule has 0 radical (unpaired) electrons. The average molecular weight is 384 g/mol. The van der Waals surface area contributed by atoms with Gasteiger partial charge in [-0.1, -0.05) is 12.1 Å². The van der Waals surface area contributed by atoms with Crippen LogP contribution in [-0.4, -0.2) is 38.3 Å². The number of esters is 1. The number of carbonyl (C=O) groups is 2. The highest BCUT2D eigenvalue weighted by Crippen LogP contribution is 2.11. The highest BCUT2D eigenvalue weighted by molar-refractivity contribution is 7.71. The van der Waals surface area contributed by atoms with Crippen LogP contribution >= 0.6 is 12.2 Å². The Morgan fingerprint density at radius 1 is 1.15 bits per heavy atom. The van der Waals surface area contributed by atoms with Gasteiger partial charge in [-0.2, -0.15) is 4.68 Å². The van der Waals surface area contributed by atoms with E-state index >= 15 is 0 Å². The SMILES string of the molecule is COC(=O)c1ccc(C(=O)Cn2nc(N)n(Nc3ccncc3)c2=S)cc1. The van der Waals surface area contributed by atoms with Crippen LogP contribution < -0.4 is 11.2 Å². The number of benzene rings is 1. The van der Waals surface area contributed by atoms with Crippen molar-refractivity contribution in [3.05, 3.63) is 64.7 Å². The zero-order valence-electron chi connectivity index (χ0n) is 14.3. The number of hydrogen-bond donors (Lipinski definition) is 2. The highest BCUT2D eigenvalue weighted by atomic mass is 32.1. The molecular weight excluding hydrogens is 368 g/mol. The number of hydrogen-bond acceptors (Lipinski definition) is 8. The van der Waals surface area contributed by atoms with Gasteiger partial charge in [0, 0.05) is 18.0 Å². The molecule has 0 saturated carbocycles. The summed E-state index contributed by atoms with van der Waals surface area (Å²) in [7, 11) is 1.30. The van der Waals surface area contributed by atoms with Gasteiger partial charge < -0.3 is 10.5 Å². The lowest BCUT2D eigenvalue weighted by Gasteiger charge is -2.07. The number of anilines is 2. The molecule has 1 aromatic carbocycles. The fourth-order valence-electron chi connectivity index (χ4n) is 2.33. The number of nitrogen functional groups attached to an aromatic ring is 1. The van der Waals surface area contributed by atoms with Gasteiger partial charge in [0.25, 0.3) is 0 Å². The summed E-state index contributed by atoms with van der Waals surface area (Å²) < 4.78 is 7.60. The minimum atomic E-state index is -0.468. The molecule has 3 rings (SSSR count). The van der Waals surface area contributed by atoms with E-state index in [1.807, 2.05) is 0 Å². The standard InChI is InChI=1S/C17H16N6O3S/c1-26-15(25)12-4-2-11(3-5-12)14(24)10-22-17(27)23(16(18)21-22)20-13-6-8-19-9-7-13/h2-9H,10H2,1H3,(H2,18,21)(H,19,20). The van der Waals surface area contributed by atoms with Crippen LogP contribution in [0.25, 0.3) is 0 Å². The van der Waals surface area contributed by atoms with Gasteiger partial charge >= 0.3 is 5.97 Å². The van der Waals surface area contributed by atoms with Crippen molar-refractivity contribution >= 4 is 35.6 Å². The molecule has 9 nitrogen and oxygen atoms in total. The second kappa shape index (κ2) is 7.79. The van der Waals surface area contributed by atoms with Crippen LogP contribution in [0.1, 0.15) is 20.7 Å². The molecule has 0 spiro atoms. The molecule has 3 N–H and O–H groups in total. The monoisotopic (exact) mass is 384 g/mol. The van der Waals surface area contributed by atoms with Crippen LogP contribution in [0.2, 0.25) is 0 Å². The Balaban J connectivity index is 1.78. The molecule has 27 heavy (non-hydrogen) atoms. The summed E-state index contributed by atoms with van der Waals surface area (Å²) in [5.41, 5.74) is 10.4. The number of aromatic nitrogens is 4. The molecule has 2 heterocycles. The van der Waals surface area contributed by atoms with Crippen molar-refractivity contribution in [1.82, 2.24) is 19.4 Å². The molecular formula is C17H16N6O3S. The topological polar surface area (TPSA) is 117 Å². The average Bonchev–Trinajstić information content (AvgIpc) is 2.95. The van der Waals surface area contributed by atoms with Crippen molar-refractivity contribution in [3.8, 4) is 0 Å². The Bertz CT molecular complexity index is 1030. The van der Waals surface area contributed by atoms with Crippen LogP contribution in [0.15, 0.2) is 48.8 Å². The molecule has 3 aromatic rings. The second-order valence-corrected chi connectivity index (χ2v) is 5.84. The molecule has 0 atom stereocenters. The summed E-state index contributed by atoms with van der Waals surface area (Å²) in [6.45, 7) is -0.0916. The van der Waals surface area contributed by atoms with Crippen molar-refractivity contribution in [2.45, 2.75) is 6.54 Å². The normalized spacial score (nSPS) is 10.4. The van der Waals surface area contributed by atoms with E-state index in [-0.39, 0.29) is 23.0 Å². The molecule has 138 valence electrons. The number of Topliss-reactive ketones (excluding diaryl/α,β-unsaturated/α-hetero) is 1. The lowest BCUT2D eigenvalue weighted by atomic mass is 10.1. The predicted octanol–water partition coefficient (Wildman–Crippen LogP) is 1.94. The molecule has 0 unspecified atom stereocenters. The van der Waals surface area contributed by atoms with E-state index in [9.17, 15) is 9.59 Å². The molecule has 0 aliphatic carbocycles. The number of nitrogens with zero attached hydrogens (tertiary/aromatic N) is 4. The Morgan fingerprint density at radius 2 is 1.78 bits per heavy atom. The Morgan fingerprint density at radius 3 is 2.41 bits per heavy atom. The van der Waals surface area contributed by atoms with E-state index in [1.165, 1.54) is 28.6 Å². The lowest BCUT2D eigenvalue weighted by molar-refractivity contribution is 0.0600. The summed E-state index contributed by atoms with van der Waals surface area (Å²) in [5, 5.41) is 4.11. The number of pyridine rings is 1. The van der Waals surface area contributed by atoms with Crippen molar-refractivity contribution < 1.29 is 14.3 Å². The maximum Gasteiger partial charge on any atom is 0.337 e. The van der Waals surface area contributed by atoms with E-state index in [2.05, 4.69) is 20.2 Å². The molecule has 0 bridgehead atoms. The smallest absolute Gasteiger partial charge is 0.337 e. The van der Waals surface area contributed by atoms with E-state index < -0.39 is 5.97 Å². The molecule has 2 aromatic heterocycles. The molecule has 0 saturated heterocycles. The van der Waals surface area contributed by atoms with Gasteiger partial charge in [-0.15, -0.1) is 5.10 Å². The van der Waals surface area contributed by atoms with Crippen LogP contribution in [0.3, 0.4) is 0 Å². The van der Waals surface area contributed by atoms with Gasteiger partial charge in [-0.3, -0.25) is 15.2 Å². The summed E-state index contributed by atoms with van der Waals surface area (Å²) in [6, 6.07) is 9.63. The summed E-state index contributed by atoms with van der Waals surface area (Å²) in [6.07, 6.45) is 3.24. The fourth-order valence-corrected chi connectivity index (χ4v) is 2.57. The number of carbonyl (C=O) groups excluding carboxylic acids is 2. The van der Waals surface area contributed by atoms with Crippen LogP contribution in [-0.2, 0) is 11.3 Å². The summed E-state index contributed by atoms with van der Waals surface area (Å²) >= 11 is 5.34. The molecule has 0 aliphatic rings. The number of nitrogens with two attached hydrogens (primary N) is 1. The molecule has 10 heteroatoms. The predicted molar refractivity (Wildman–Crippen MR) is 101 cm³/mol. The largest absolute Gasteiger partial charge is 0.465 e. The Labute approximate surface area is 159 Å². The maximum absolute atomic E-state index is 12.5. The minimum absolute atomic E-state index is 0.0916. The molecule has 0 amide bonds. The maximum atomic E-state index is 12.5. The molecule has 0 fully saturated rings. The number of rotatable bonds is 6. The summed E-state index contributed by atoms with van der Waals surface area (Å²) in [5.74, 6) is -0.577. The first-order valence-electron chi connectivity index (χ1n) is 7.83. The van der Waals surface area contributed by atoms with Crippen molar-refractivity contribution in [3.63, 3.8) is 0 Å². The first-order chi connectivity index (χ1) is 13.0. The Hall–Kier alpha value is -3.53. The van der Waals surface area contributed by atoms with Crippen molar-refractivity contribution in [1.29, 1.82) is 0 Å². The van der Waals surface area contributed by atoms with E-state index in [1.54, 1.807) is 36.7 Å². The van der Waals surface area contributed by atoms with Gasteiger partial charge in [0.15, 0.2) is 5.78 Å². The number of ether oxygens (including phenoxy) is 1. The zero-order valence-corrected chi connectivity index (χ0v) is 15.1. The first-order valence-corrected chi connectivity index (χ1v) is 8.24. The van der Waals surface area contributed by atoms with Crippen molar-refractivity contribution in [2.75, 3.05) is 18.3 Å². The van der Waals surface area contributed by atoms with Crippen LogP contribution in [0.5, 0.6) is 0 Å². The van der Waals surface area contributed by atoms with Gasteiger partial charge in [0.2, 0.25) is 10.7 Å².